The lowest BCUT2D eigenvalue weighted by molar-refractivity contribution is 0.0952. The summed E-state index contributed by atoms with van der Waals surface area (Å²) >= 11 is 0. The number of fused-ring (bicyclic) bond motifs is 1. The molecular formula is C23H21N3O2. The summed E-state index contributed by atoms with van der Waals surface area (Å²) in [7, 11) is 0. The Hall–Kier alpha value is -3.60. The fourth-order valence-electron chi connectivity index (χ4n) is 3.14. The number of amides is 1. The largest absolute Gasteiger partial charge is 0.487 e. The molecule has 2 heterocycles. The van der Waals surface area contributed by atoms with Crippen LogP contribution in [0.1, 0.15) is 15.9 Å². The molecule has 0 bridgehead atoms. The molecule has 140 valence electrons. The van der Waals surface area contributed by atoms with Gasteiger partial charge in [0, 0.05) is 37.1 Å². The third-order valence-electron chi connectivity index (χ3n) is 4.55. The van der Waals surface area contributed by atoms with Crippen LogP contribution in [0.3, 0.4) is 0 Å². The molecule has 1 amide bonds. The van der Waals surface area contributed by atoms with Gasteiger partial charge < -0.3 is 14.6 Å². The van der Waals surface area contributed by atoms with Crippen LogP contribution in [0, 0.1) is 0 Å². The molecule has 0 saturated heterocycles. The van der Waals surface area contributed by atoms with Crippen LogP contribution in [0.25, 0.3) is 10.9 Å². The normalized spacial score (nSPS) is 10.7. The molecule has 0 unspecified atom stereocenters. The van der Waals surface area contributed by atoms with Gasteiger partial charge in [-0.15, -0.1) is 0 Å². The van der Waals surface area contributed by atoms with Gasteiger partial charge in [0.05, 0.1) is 11.1 Å². The van der Waals surface area contributed by atoms with E-state index in [4.69, 9.17) is 4.74 Å². The van der Waals surface area contributed by atoms with Gasteiger partial charge in [0.25, 0.3) is 5.91 Å². The minimum Gasteiger partial charge on any atom is -0.487 e. The molecule has 0 aliphatic carbocycles. The van der Waals surface area contributed by atoms with Crippen molar-refractivity contribution >= 4 is 16.8 Å². The van der Waals surface area contributed by atoms with Crippen LogP contribution in [0.4, 0.5) is 0 Å². The standard InChI is InChI=1S/C23H21N3O2/c27-23(19-9-6-12-24-15-19)25-13-14-26-16-22(20-10-4-5-11-21(20)26)28-17-18-7-2-1-3-8-18/h1-12,15-16H,13-14,17H2,(H,25,27). The maximum Gasteiger partial charge on any atom is 0.252 e. The van der Waals surface area contributed by atoms with Gasteiger partial charge in [-0.25, -0.2) is 0 Å². The lowest BCUT2D eigenvalue weighted by atomic mass is 10.2. The van der Waals surface area contributed by atoms with Crippen LogP contribution < -0.4 is 10.1 Å². The molecule has 0 fully saturated rings. The SMILES string of the molecule is O=C(NCCn1cc(OCc2ccccc2)c2ccccc21)c1cccnc1. The quantitative estimate of drug-likeness (QED) is 0.533. The van der Waals surface area contributed by atoms with Crippen molar-refractivity contribution in [2.75, 3.05) is 6.54 Å². The summed E-state index contributed by atoms with van der Waals surface area (Å²) in [6.45, 7) is 1.69. The number of benzene rings is 2. The highest BCUT2D eigenvalue weighted by atomic mass is 16.5. The van der Waals surface area contributed by atoms with E-state index in [0.29, 0.717) is 25.3 Å². The Morgan fingerprint density at radius 1 is 1.00 bits per heavy atom. The van der Waals surface area contributed by atoms with Crippen LogP contribution >= 0.6 is 0 Å². The van der Waals surface area contributed by atoms with Gasteiger partial charge in [0.2, 0.25) is 0 Å². The zero-order valence-corrected chi connectivity index (χ0v) is 15.4. The monoisotopic (exact) mass is 371 g/mol. The average Bonchev–Trinajstić information content (AvgIpc) is 3.11. The summed E-state index contributed by atoms with van der Waals surface area (Å²) in [4.78, 5) is 16.2. The zero-order chi connectivity index (χ0) is 19.2. The maximum atomic E-state index is 12.2. The molecule has 2 aromatic heterocycles. The highest BCUT2D eigenvalue weighted by Crippen LogP contribution is 2.28. The molecule has 5 nitrogen and oxygen atoms in total. The smallest absolute Gasteiger partial charge is 0.252 e. The first-order chi connectivity index (χ1) is 13.8. The van der Waals surface area contributed by atoms with E-state index in [1.165, 1.54) is 0 Å². The van der Waals surface area contributed by atoms with Crippen LogP contribution in [0.15, 0.2) is 85.3 Å². The molecule has 0 saturated carbocycles. The first-order valence-corrected chi connectivity index (χ1v) is 9.24. The number of aromatic nitrogens is 2. The summed E-state index contributed by atoms with van der Waals surface area (Å²) in [5.41, 5.74) is 2.77. The molecule has 0 aliphatic rings. The number of para-hydroxylation sites is 1. The predicted molar refractivity (Wildman–Crippen MR) is 109 cm³/mol. The number of hydrogen-bond acceptors (Lipinski definition) is 3. The minimum absolute atomic E-state index is 0.120. The Morgan fingerprint density at radius 3 is 2.64 bits per heavy atom. The molecule has 0 spiro atoms. The molecule has 2 aromatic carbocycles. The summed E-state index contributed by atoms with van der Waals surface area (Å²) in [5, 5.41) is 4.01. The Morgan fingerprint density at radius 2 is 1.82 bits per heavy atom. The lowest BCUT2D eigenvalue weighted by Gasteiger charge is -2.07. The zero-order valence-electron chi connectivity index (χ0n) is 15.4. The Bertz CT molecular complexity index is 1060. The van der Waals surface area contributed by atoms with Gasteiger partial charge in [-0.2, -0.15) is 0 Å². The Kier molecular flexibility index (Phi) is 5.33. The van der Waals surface area contributed by atoms with Gasteiger partial charge in [-0.1, -0.05) is 42.5 Å². The van der Waals surface area contributed by atoms with E-state index < -0.39 is 0 Å². The van der Waals surface area contributed by atoms with Gasteiger partial charge in [-0.05, 0) is 29.8 Å². The van der Waals surface area contributed by atoms with E-state index in [2.05, 4.69) is 27.0 Å². The maximum absolute atomic E-state index is 12.2. The van der Waals surface area contributed by atoms with Gasteiger partial charge in [-0.3, -0.25) is 9.78 Å². The number of nitrogens with zero attached hydrogens (tertiary/aromatic N) is 2. The number of nitrogens with one attached hydrogen (secondary N) is 1. The molecule has 4 aromatic rings. The highest BCUT2D eigenvalue weighted by molar-refractivity contribution is 5.93. The minimum atomic E-state index is -0.120. The predicted octanol–water partition coefficient (Wildman–Crippen LogP) is 4.05. The number of carbonyl (C=O) groups is 1. The summed E-state index contributed by atoms with van der Waals surface area (Å²) in [6, 6.07) is 21.7. The second kappa shape index (κ2) is 8.39. The molecule has 5 heteroatoms. The topological polar surface area (TPSA) is 56.2 Å². The van der Waals surface area contributed by atoms with E-state index in [1.54, 1.807) is 24.5 Å². The van der Waals surface area contributed by atoms with Crippen molar-refractivity contribution in [2.24, 2.45) is 0 Å². The van der Waals surface area contributed by atoms with Crippen LogP contribution in [-0.2, 0) is 13.2 Å². The number of rotatable bonds is 7. The molecule has 1 N–H and O–H groups in total. The number of ether oxygens (including phenoxy) is 1. The molecular weight excluding hydrogens is 350 g/mol. The molecule has 28 heavy (non-hydrogen) atoms. The van der Waals surface area contributed by atoms with Gasteiger partial charge in [0.1, 0.15) is 12.4 Å². The fourth-order valence-corrected chi connectivity index (χ4v) is 3.14. The molecule has 0 atom stereocenters. The van der Waals surface area contributed by atoms with Crippen LogP contribution in [-0.4, -0.2) is 22.0 Å². The molecule has 0 radical (unpaired) electrons. The van der Waals surface area contributed by atoms with Gasteiger partial charge >= 0.3 is 0 Å². The van der Waals surface area contributed by atoms with Crippen molar-refractivity contribution in [2.45, 2.75) is 13.2 Å². The second-order valence-electron chi connectivity index (χ2n) is 6.48. The second-order valence-corrected chi connectivity index (χ2v) is 6.48. The Balaban J connectivity index is 1.44. The van der Waals surface area contributed by atoms with Crippen molar-refractivity contribution in [3.8, 4) is 5.75 Å². The number of carbonyl (C=O) groups excluding carboxylic acids is 1. The molecule has 4 rings (SSSR count). The number of hydrogen-bond donors (Lipinski definition) is 1. The van der Waals surface area contributed by atoms with Crippen molar-refractivity contribution < 1.29 is 9.53 Å². The van der Waals surface area contributed by atoms with E-state index in [-0.39, 0.29) is 5.91 Å². The third-order valence-corrected chi connectivity index (χ3v) is 4.55. The molecule has 0 aliphatic heterocycles. The Labute approximate surface area is 163 Å². The summed E-state index contributed by atoms with van der Waals surface area (Å²) < 4.78 is 8.18. The lowest BCUT2D eigenvalue weighted by Crippen LogP contribution is -2.27. The first-order valence-electron chi connectivity index (χ1n) is 9.24. The van der Waals surface area contributed by atoms with Crippen molar-refractivity contribution in [1.29, 1.82) is 0 Å². The summed E-state index contributed by atoms with van der Waals surface area (Å²) in [6.07, 6.45) is 5.22. The van der Waals surface area contributed by atoms with Crippen molar-refractivity contribution in [3.63, 3.8) is 0 Å². The first kappa shape index (κ1) is 17.8. The van der Waals surface area contributed by atoms with Gasteiger partial charge in [0.15, 0.2) is 0 Å². The number of pyridine rings is 1. The summed E-state index contributed by atoms with van der Waals surface area (Å²) in [5.74, 6) is 0.725. The highest BCUT2D eigenvalue weighted by Gasteiger charge is 2.10. The van der Waals surface area contributed by atoms with E-state index in [9.17, 15) is 4.79 Å². The van der Waals surface area contributed by atoms with E-state index in [0.717, 1.165) is 22.2 Å². The van der Waals surface area contributed by atoms with Crippen molar-refractivity contribution in [1.82, 2.24) is 14.9 Å². The third kappa shape index (κ3) is 4.04. The van der Waals surface area contributed by atoms with Crippen LogP contribution in [0.5, 0.6) is 5.75 Å². The van der Waals surface area contributed by atoms with E-state index >= 15 is 0 Å². The average molecular weight is 371 g/mol. The van der Waals surface area contributed by atoms with Crippen molar-refractivity contribution in [3.05, 3.63) is 96.4 Å². The fraction of sp³-hybridized carbons (Fsp3) is 0.130. The van der Waals surface area contributed by atoms with E-state index in [1.807, 2.05) is 48.7 Å². The van der Waals surface area contributed by atoms with Crippen LogP contribution in [0.2, 0.25) is 0 Å².